The first-order valence-electron chi connectivity index (χ1n) is 19.2. The summed E-state index contributed by atoms with van der Waals surface area (Å²) < 4.78 is 2.31. The second-order valence-corrected chi connectivity index (χ2v) is 14.3. The Morgan fingerprint density at radius 3 is 1.34 bits per heavy atom. The van der Waals surface area contributed by atoms with Crippen molar-refractivity contribution in [2.45, 2.75) is 6.92 Å². The van der Waals surface area contributed by atoms with E-state index >= 15 is 0 Å². The highest BCUT2D eigenvalue weighted by Crippen LogP contribution is 2.43. The van der Waals surface area contributed by atoms with Crippen molar-refractivity contribution in [3.8, 4) is 79.6 Å². The maximum absolute atomic E-state index is 10.8. The Hall–Kier alpha value is -8.01. The molecule has 6 nitrogen and oxygen atoms in total. The van der Waals surface area contributed by atoms with Crippen molar-refractivity contribution in [2.24, 2.45) is 0 Å². The van der Waals surface area contributed by atoms with Crippen LogP contribution in [0.2, 0.25) is 0 Å². The number of aromatic nitrogens is 5. The quantitative estimate of drug-likeness (QED) is 0.162. The van der Waals surface area contributed by atoms with Gasteiger partial charge in [-0.3, -0.25) is 0 Å². The van der Waals surface area contributed by atoms with Gasteiger partial charge in [-0.05, 0) is 49.4 Å². The van der Waals surface area contributed by atoms with Gasteiger partial charge in [-0.15, -0.1) is 0 Å². The summed E-state index contributed by atoms with van der Waals surface area (Å²) >= 11 is 0. The molecule has 0 amide bonds. The van der Waals surface area contributed by atoms with Crippen LogP contribution in [0.1, 0.15) is 11.1 Å². The molecule has 0 unspecified atom stereocenters. The SMILES string of the molecule is Cc1ccc2c(c1)c1ccccc1n2-c1c(-c2cc(-c3ccccc3)nc(-c3ccccc3)n2)cc(C#N)cc1-c1cc(-c2ccccc2)nc(-c2ccccc2)n1. The van der Waals surface area contributed by atoms with E-state index in [2.05, 4.69) is 84.3 Å². The van der Waals surface area contributed by atoms with Crippen molar-refractivity contribution in [1.82, 2.24) is 24.5 Å². The molecule has 0 spiro atoms. The molecule has 272 valence electrons. The molecule has 0 atom stereocenters. The van der Waals surface area contributed by atoms with Crippen LogP contribution < -0.4 is 0 Å². The molecule has 0 fully saturated rings. The maximum Gasteiger partial charge on any atom is 0.160 e. The van der Waals surface area contributed by atoms with Crippen molar-refractivity contribution < 1.29 is 0 Å². The highest BCUT2D eigenvalue weighted by Gasteiger charge is 2.25. The Kier molecular flexibility index (Phi) is 8.66. The number of hydrogen-bond acceptors (Lipinski definition) is 5. The standard InChI is InChI=1S/C52H34N6/c1-34-26-27-49-41(28-34)40-24-14-15-25-48(40)58(49)50-42(46-31-44(36-16-6-2-7-17-36)54-51(56-46)38-20-10-4-11-21-38)29-35(33-53)30-43(50)47-32-45(37-18-8-3-9-19-37)55-52(57-47)39-22-12-5-13-23-39/h2-32H,1H3. The maximum atomic E-state index is 10.8. The third-order valence-electron chi connectivity index (χ3n) is 10.5. The molecule has 10 rings (SSSR count). The lowest BCUT2D eigenvalue weighted by Crippen LogP contribution is -2.05. The first-order chi connectivity index (χ1) is 28.6. The molecular weight excluding hydrogens is 709 g/mol. The van der Waals surface area contributed by atoms with E-state index in [1.165, 1.54) is 5.56 Å². The molecule has 0 bridgehead atoms. The van der Waals surface area contributed by atoms with Crippen LogP contribution in [0.15, 0.2) is 188 Å². The molecule has 0 aliphatic carbocycles. The summed E-state index contributed by atoms with van der Waals surface area (Å²) in [6.07, 6.45) is 0. The molecular formula is C52H34N6. The number of nitriles is 1. The summed E-state index contributed by atoms with van der Waals surface area (Å²) in [6.45, 7) is 2.12. The number of aryl methyl sites for hydroxylation is 1. The van der Waals surface area contributed by atoms with Gasteiger partial charge >= 0.3 is 0 Å². The highest BCUT2D eigenvalue weighted by molar-refractivity contribution is 6.11. The Bertz CT molecular complexity index is 2910. The van der Waals surface area contributed by atoms with Gasteiger partial charge in [0, 0.05) is 44.2 Å². The zero-order valence-corrected chi connectivity index (χ0v) is 31.6. The summed E-state index contributed by atoms with van der Waals surface area (Å²) in [5.41, 5.74) is 12.7. The Morgan fingerprint density at radius 2 is 0.845 bits per heavy atom. The number of nitrogens with zero attached hydrogens (tertiary/aromatic N) is 6. The molecule has 0 N–H and O–H groups in total. The van der Waals surface area contributed by atoms with Crippen molar-refractivity contribution in [1.29, 1.82) is 5.26 Å². The fourth-order valence-electron chi connectivity index (χ4n) is 7.77. The van der Waals surface area contributed by atoms with Gasteiger partial charge in [0.25, 0.3) is 0 Å². The summed E-state index contributed by atoms with van der Waals surface area (Å²) in [7, 11) is 0. The van der Waals surface area contributed by atoms with Gasteiger partial charge in [-0.25, -0.2) is 19.9 Å². The van der Waals surface area contributed by atoms with Crippen LogP contribution >= 0.6 is 0 Å². The number of benzene rings is 7. The lowest BCUT2D eigenvalue weighted by Gasteiger charge is -2.20. The minimum atomic E-state index is 0.479. The highest BCUT2D eigenvalue weighted by atomic mass is 15.0. The van der Waals surface area contributed by atoms with E-state index < -0.39 is 0 Å². The molecule has 3 aromatic heterocycles. The average Bonchev–Trinajstić information content (AvgIpc) is 3.62. The van der Waals surface area contributed by atoms with Crippen LogP contribution in [0.3, 0.4) is 0 Å². The van der Waals surface area contributed by atoms with Gasteiger partial charge in [-0.2, -0.15) is 5.26 Å². The second kappa shape index (κ2) is 14.6. The first kappa shape index (κ1) is 34.5. The van der Waals surface area contributed by atoms with E-state index in [9.17, 15) is 5.26 Å². The number of hydrogen-bond donors (Lipinski definition) is 0. The summed E-state index contributed by atoms with van der Waals surface area (Å²) in [6, 6.07) is 65.9. The molecule has 3 heterocycles. The van der Waals surface area contributed by atoms with Crippen LogP contribution in [0.5, 0.6) is 0 Å². The van der Waals surface area contributed by atoms with Crippen molar-refractivity contribution in [3.63, 3.8) is 0 Å². The van der Waals surface area contributed by atoms with E-state index in [4.69, 9.17) is 19.9 Å². The topological polar surface area (TPSA) is 80.3 Å². The van der Waals surface area contributed by atoms with E-state index in [0.29, 0.717) is 28.6 Å². The lowest BCUT2D eigenvalue weighted by molar-refractivity contribution is 1.14. The third-order valence-corrected chi connectivity index (χ3v) is 10.5. The van der Waals surface area contributed by atoms with Gasteiger partial charge < -0.3 is 4.57 Å². The lowest BCUT2D eigenvalue weighted by atomic mass is 9.95. The van der Waals surface area contributed by atoms with Gasteiger partial charge in [-0.1, -0.05) is 151 Å². The fourth-order valence-corrected chi connectivity index (χ4v) is 7.77. The van der Waals surface area contributed by atoms with E-state index in [1.807, 2.05) is 121 Å². The molecule has 58 heavy (non-hydrogen) atoms. The second-order valence-electron chi connectivity index (χ2n) is 14.3. The predicted molar refractivity (Wildman–Crippen MR) is 234 cm³/mol. The fraction of sp³-hybridized carbons (Fsp3) is 0.0192. The summed E-state index contributed by atoms with van der Waals surface area (Å²) in [5.74, 6) is 1.17. The number of rotatable bonds is 7. The number of para-hydroxylation sites is 1. The molecule has 7 aromatic carbocycles. The summed E-state index contributed by atoms with van der Waals surface area (Å²) in [4.78, 5) is 20.9. The van der Waals surface area contributed by atoms with Crippen LogP contribution in [0, 0.1) is 18.3 Å². The minimum Gasteiger partial charge on any atom is -0.308 e. The largest absolute Gasteiger partial charge is 0.308 e. The zero-order chi connectivity index (χ0) is 39.0. The van der Waals surface area contributed by atoms with Crippen molar-refractivity contribution in [3.05, 3.63) is 199 Å². The predicted octanol–water partition coefficient (Wildman–Crippen LogP) is 12.5. The van der Waals surface area contributed by atoms with Crippen LogP contribution in [0.4, 0.5) is 0 Å². The molecule has 0 saturated heterocycles. The monoisotopic (exact) mass is 742 g/mol. The van der Waals surface area contributed by atoms with Crippen molar-refractivity contribution in [2.75, 3.05) is 0 Å². The molecule has 0 saturated carbocycles. The van der Waals surface area contributed by atoms with Gasteiger partial charge in [0.2, 0.25) is 0 Å². The zero-order valence-electron chi connectivity index (χ0n) is 31.6. The van der Waals surface area contributed by atoms with Crippen LogP contribution in [0.25, 0.3) is 95.3 Å². The van der Waals surface area contributed by atoms with E-state index in [-0.39, 0.29) is 0 Å². The Labute approximate surface area is 336 Å². The smallest absolute Gasteiger partial charge is 0.160 e. The van der Waals surface area contributed by atoms with Gasteiger partial charge in [0.1, 0.15) is 0 Å². The molecule has 0 aliphatic rings. The van der Waals surface area contributed by atoms with E-state index in [1.54, 1.807) is 0 Å². The van der Waals surface area contributed by atoms with E-state index in [0.717, 1.165) is 72.3 Å². The van der Waals surface area contributed by atoms with Crippen LogP contribution in [-0.4, -0.2) is 24.5 Å². The summed E-state index contributed by atoms with van der Waals surface area (Å²) in [5, 5.41) is 13.0. The average molecular weight is 743 g/mol. The van der Waals surface area contributed by atoms with Gasteiger partial charge in [0.15, 0.2) is 11.6 Å². The molecule has 10 aromatic rings. The molecule has 0 radical (unpaired) electrons. The van der Waals surface area contributed by atoms with Crippen molar-refractivity contribution >= 4 is 21.8 Å². The first-order valence-corrected chi connectivity index (χ1v) is 19.2. The Morgan fingerprint density at radius 1 is 0.414 bits per heavy atom. The molecule has 6 heteroatoms. The minimum absolute atomic E-state index is 0.479. The molecule has 0 aliphatic heterocycles. The third kappa shape index (κ3) is 6.27. The Balaban J connectivity index is 1.36. The van der Waals surface area contributed by atoms with Crippen LogP contribution in [-0.2, 0) is 0 Å². The normalized spacial score (nSPS) is 11.2. The van der Waals surface area contributed by atoms with Gasteiger partial charge in [0.05, 0.1) is 51.1 Å². The number of fused-ring (bicyclic) bond motifs is 3.